The van der Waals surface area contributed by atoms with E-state index < -0.39 is 62.1 Å². The van der Waals surface area contributed by atoms with E-state index in [1.807, 2.05) is 12.2 Å². The quantitative estimate of drug-likeness (QED) is 0.354. The van der Waals surface area contributed by atoms with Crippen molar-refractivity contribution in [2.45, 2.75) is 55.9 Å². The second-order valence-electron chi connectivity index (χ2n) is 8.80. The Hall–Kier alpha value is -1.05. The molecule has 2 bridgehead atoms. The van der Waals surface area contributed by atoms with E-state index in [1.54, 1.807) is 0 Å². The first-order chi connectivity index (χ1) is 14.4. The van der Waals surface area contributed by atoms with Crippen LogP contribution in [-0.4, -0.2) is 66.4 Å². The molecule has 0 heterocycles. The fourth-order valence-electron chi connectivity index (χ4n) is 3.98. The molecule has 2 aliphatic rings. The number of aliphatic hydroxyl groups is 2. The van der Waals surface area contributed by atoms with Crippen molar-refractivity contribution in [1.82, 2.24) is 0 Å². The molecule has 2 N–H and O–H groups in total. The van der Waals surface area contributed by atoms with Gasteiger partial charge in [0.1, 0.15) is 0 Å². The fourth-order valence-corrected chi connectivity index (χ4v) is 3.98. The number of ether oxygens (including phenoxy) is 2. The first kappa shape index (κ1) is 27.2. The van der Waals surface area contributed by atoms with Gasteiger partial charge in [-0.3, -0.25) is 0 Å². The summed E-state index contributed by atoms with van der Waals surface area (Å²) >= 11 is 0. The number of halogens is 9. The summed E-state index contributed by atoms with van der Waals surface area (Å²) in [6.45, 7) is -4.00. The molecule has 0 aromatic heterocycles. The van der Waals surface area contributed by atoms with Gasteiger partial charge in [0.2, 0.25) is 0 Å². The highest BCUT2D eigenvalue weighted by atomic mass is 19.4. The van der Waals surface area contributed by atoms with Gasteiger partial charge >= 0.3 is 18.5 Å². The molecule has 0 spiro atoms. The van der Waals surface area contributed by atoms with Crippen LogP contribution in [0, 0.1) is 23.7 Å². The van der Waals surface area contributed by atoms with E-state index >= 15 is 0 Å². The minimum absolute atomic E-state index is 0.0226. The average molecular weight is 488 g/mol. The minimum Gasteiger partial charge on any atom is -0.379 e. The van der Waals surface area contributed by atoms with Gasteiger partial charge in [0, 0.05) is 5.92 Å². The standard InChI is InChI=1S/C19H25F9O4/c1-15(29,17(20,21)22)9-31-7-12(6-14-5-11-2-3-13(14)4-11)8-32-10-16(30,18(23,24)25)19(26,27)28/h2-3,11-14,29-30H,4-10H2,1H3. The maximum atomic E-state index is 12.8. The summed E-state index contributed by atoms with van der Waals surface area (Å²) in [7, 11) is 0. The minimum atomic E-state index is -6.04. The lowest BCUT2D eigenvalue weighted by Crippen LogP contribution is -2.60. The summed E-state index contributed by atoms with van der Waals surface area (Å²) in [6.07, 6.45) is -11.3. The van der Waals surface area contributed by atoms with E-state index in [0.717, 1.165) is 12.8 Å². The second kappa shape index (κ2) is 9.30. The van der Waals surface area contributed by atoms with Gasteiger partial charge in [0.05, 0.1) is 26.4 Å². The van der Waals surface area contributed by atoms with Gasteiger partial charge in [-0.15, -0.1) is 0 Å². The van der Waals surface area contributed by atoms with Crippen molar-refractivity contribution in [2.24, 2.45) is 23.7 Å². The Morgan fingerprint density at radius 3 is 1.75 bits per heavy atom. The van der Waals surface area contributed by atoms with Gasteiger partial charge < -0.3 is 19.7 Å². The van der Waals surface area contributed by atoms with Gasteiger partial charge in [0.15, 0.2) is 5.60 Å². The van der Waals surface area contributed by atoms with Crippen LogP contribution in [0.15, 0.2) is 12.2 Å². The summed E-state index contributed by atoms with van der Waals surface area (Å²) in [4.78, 5) is 0. The normalized spacial score (nSPS) is 27.1. The van der Waals surface area contributed by atoms with Crippen LogP contribution >= 0.6 is 0 Å². The molecular weight excluding hydrogens is 463 g/mol. The second-order valence-corrected chi connectivity index (χ2v) is 8.80. The molecule has 2 aliphatic carbocycles. The molecule has 5 unspecified atom stereocenters. The topological polar surface area (TPSA) is 58.9 Å². The highest BCUT2D eigenvalue weighted by Crippen LogP contribution is 2.46. The predicted molar refractivity (Wildman–Crippen MR) is 92.3 cm³/mol. The average Bonchev–Trinajstić information content (AvgIpc) is 3.21. The molecule has 4 nitrogen and oxygen atoms in total. The highest BCUT2D eigenvalue weighted by molar-refractivity contribution is 5.10. The smallest absolute Gasteiger partial charge is 0.379 e. The van der Waals surface area contributed by atoms with Gasteiger partial charge in [-0.1, -0.05) is 12.2 Å². The van der Waals surface area contributed by atoms with Crippen LogP contribution < -0.4 is 0 Å². The Morgan fingerprint density at radius 1 is 0.812 bits per heavy atom. The SMILES string of the molecule is CC(O)(COCC(COCC(O)(C(F)(F)F)C(F)(F)F)CC1CC2C=CC1C2)C(F)(F)F. The largest absolute Gasteiger partial charge is 0.428 e. The lowest BCUT2D eigenvalue weighted by molar-refractivity contribution is -0.378. The third-order valence-electron chi connectivity index (χ3n) is 6.00. The molecule has 32 heavy (non-hydrogen) atoms. The molecule has 0 radical (unpaired) electrons. The van der Waals surface area contributed by atoms with Gasteiger partial charge in [-0.25, -0.2) is 0 Å². The van der Waals surface area contributed by atoms with Crippen LogP contribution in [0.1, 0.15) is 26.2 Å². The summed E-state index contributed by atoms with van der Waals surface area (Å²) in [5, 5.41) is 18.6. The molecule has 0 saturated heterocycles. The Labute approximate surface area is 178 Å². The molecule has 0 amide bonds. The summed E-state index contributed by atoms with van der Waals surface area (Å²) in [5.41, 5.74) is -8.26. The number of fused-ring (bicyclic) bond motifs is 2. The van der Waals surface area contributed by atoms with E-state index in [1.165, 1.54) is 0 Å². The molecule has 1 fully saturated rings. The number of rotatable bonds is 10. The van der Waals surface area contributed by atoms with Crippen LogP contribution in [-0.2, 0) is 9.47 Å². The van der Waals surface area contributed by atoms with Crippen molar-refractivity contribution in [3.05, 3.63) is 12.2 Å². The zero-order valence-corrected chi connectivity index (χ0v) is 17.0. The number of allylic oxidation sites excluding steroid dienone is 2. The van der Waals surface area contributed by atoms with Crippen molar-refractivity contribution in [3.8, 4) is 0 Å². The number of alkyl halides is 9. The highest BCUT2D eigenvalue weighted by Gasteiger charge is 2.70. The van der Waals surface area contributed by atoms with Crippen molar-refractivity contribution in [3.63, 3.8) is 0 Å². The zero-order valence-electron chi connectivity index (χ0n) is 17.0. The Kier molecular flexibility index (Phi) is 7.90. The van der Waals surface area contributed by atoms with Crippen molar-refractivity contribution in [1.29, 1.82) is 0 Å². The summed E-state index contributed by atoms with van der Waals surface area (Å²) in [6, 6.07) is 0. The molecule has 0 aliphatic heterocycles. The van der Waals surface area contributed by atoms with Gasteiger partial charge in [0.25, 0.3) is 5.60 Å². The van der Waals surface area contributed by atoms with Crippen LogP contribution in [0.5, 0.6) is 0 Å². The van der Waals surface area contributed by atoms with Gasteiger partial charge in [-0.2, -0.15) is 39.5 Å². The number of hydrogen-bond acceptors (Lipinski definition) is 4. The van der Waals surface area contributed by atoms with Crippen LogP contribution in [0.4, 0.5) is 39.5 Å². The zero-order chi connectivity index (χ0) is 24.6. The third-order valence-corrected chi connectivity index (χ3v) is 6.00. The Morgan fingerprint density at radius 2 is 1.34 bits per heavy atom. The molecule has 2 rings (SSSR count). The molecule has 5 atom stereocenters. The lowest BCUT2D eigenvalue weighted by Gasteiger charge is -2.33. The Bertz CT molecular complexity index is 641. The van der Waals surface area contributed by atoms with E-state index in [4.69, 9.17) is 9.84 Å². The monoisotopic (exact) mass is 488 g/mol. The van der Waals surface area contributed by atoms with Crippen LogP contribution in [0.2, 0.25) is 0 Å². The first-order valence-electron chi connectivity index (χ1n) is 9.86. The molecule has 188 valence electrons. The number of hydrogen-bond donors (Lipinski definition) is 2. The summed E-state index contributed by atoms with van der Waals surface area (Å²) in [5.74, 6) is -0.362. The maximum Gasteiger partial charge on any atom is 0.428 e. The summed E-state index contributed by atoms with van der Waals surface area (Å²) < 4.78 is 124. The lowest BCUT2D eigenvalue weighted by atomic mass is 9.85. The van der Waals surface area contributed by atoms with E-state index in [9.17, 15) is 44.6 Å². The fraction of sp³-hybridized carbons (Fsp3) is 0.895. The van der Waals surface area contributed by atoms with E-state index in [2.05, 4.69) is 4.74 Å². The van der Waals surface area contributed by atoms with Gasteiger partial charge in [-0.05, 0) is 43.9 Å². The van der Waals surface area contributed by atoms with Crippen molar-refractivity contribution < 1.29 is 59.2 Å². The molecule has 1 saturated carbocycles. The Balaban J connectivity index is 2.00. The van der Waals surface area contributed by atoms with Crippen LogP contribution in [0.25, 0.3) is 0 Å². The molecule has 0 aromatic rings. The van der Waals surface area contributed by atoms with E-state index in [-0.39, 0.29) is 18.3 Å². The maximum absolute atomic E-state index is 12.8. The van der Waals surface area contributed by atoms with E-state index in [0.29, 0.717) is 12.8 Å². The first-order valence-corrected chi connectivity index (χ1v) is 9.86. The predicted octanol–water partition coefficient (Wildman–Crippen LogP) is 4.41. The molecule has 13 heteroatoms. The third kappa shape index (κ3) is 6.09. The van der Waals surface area contributed by atoms with Crippen molar-refractivity contribution >= 4 is 0 Å². The van der Waals surface area contributed by atoms with Crippen LogP contribution in [0.3, 0.4) is 0 Å². The molecular formula is C19H25F9O4. The molecule has 0 aromatic carbocycles. The van der Waals surface area contributed by atoms with Crippen molar-refractivity contribution in [2.75, 3.05) is 26.4 Å².